The summed E-state index contributed by atoms with van der Waals surface area (Å²) in [5.74, 6) is 1.14. The van der Waals surface area contributed by atoms with Crippen LogP contribution in [0.5, 0.6) is 0 Å². The summed E-state index contributed by atoms with van der Waals surface area (Å²) in [5.41, 5.74) is 2.00. The molecule has 0 radical (unpaired) electrons. The zero-order chi connectivity index (χ0) is 14.1. The first-order valence-electron chi connectivity index (χ1n) is 6.69. The molecule has 2 aromatic carbocycles. The van der Waals surface area contributed by atoms with Gasteiger partial charge in [0.1, 0.15) is 6.54 Å². The SMILES string of the molecule is c1ccc(-c2noc(Cn3ncc4ccccc43)n2)cc1. The number of hydrogen-bond acceptors (Lipinski definition) is 4. The third-order valence-electron chi connectivity index (χ3n) is 3.34. The quantitative estimate of drug-likeness (QED) is 0.577. The van der Waals surface area contributed by atoms with Gasteiger partial charge in [0.2, 0.25) is 11.7 Å². The van der Waals surface area contributed by atoms with E-state index >= 15 is 0 Å². The fourth-order valence-corrected chi connectivity index (χ4v) is 2.30. The van der Waals surface area contributed by atoms with Crippen molar-refractivity contribution in [2.24, 2.45) is 0 Å². The van der Waals surface area contributed by atoms with Crippen molar-refractivity contribution in [3.63, 3.8) is 0 Å². The van der Waals surface area contributed by atoms with Crippen molar-refractivity contribution in [2.75, 3.05) is 0 Å². The molecule has 0 atom stereocenters. The Kier molecular flexibility index (Phi) is 2.74. The molecule has 2 heterocycles. The Balaban J connectivity index is 1.65. The highest BCUT2D eigenvalue weighted by molar-refractivity contribution is 5.78. The fourth-order valence-electron chi connectivity index (χ4n) is 2.30. The molecule has 0 N–H and O–H groups in total. The van der Waals surface area contributed by atoms with Gasteiger partial charge in [0.25, 0.3) is 0 Å². The predicted molar refractivity (Wildman–Crippen MR) is 78.6 cm³/mol. The van der Waals surface area contributed by atoms with Crippen LogP contribution in [0.4, 0.5) is 0 Å². The van der Waals surface area contributed by atoms with Crippen molar-refractivity contribution >= 4 is 10.9 Å². The van der Waals surface area contributed by atoms with Crippen LogP contribution in [0.15, 0.2) is 65.3 Å². The number of hydrogen-bond donors (Lipinski definition) is 0. The summed E-state index contributed by atoms with van der Waals surface area (Å²) in [6, 6.07) is 17.8. The molecular formula is C16H12N4O. The first-order chi connectivity index (χ1) is 10.4. The second-order valence-corrected chi connectivity index (χ2v) is 4.74. The van der Waals surface area contributed by atoms with Gasteiger partial charge < -0.3 is 4.52 Å². The molecule has 0 spiro atoms. The van der Waals surface area contributed by atoms with Crippen molar-refractivity contribution in [1.29, 1.82) is 0 Å². The monoisotopic (exact) mass is 276 g/mol. The highest BCUT2D eigenvalue weighted by atomic mass is 16.5. The van der Waals surface area contributed by atoms with E-state index in [4.69, 9.17) is 4.52 Å². The van der Waals surface area contributed by atoms with E-state index in [1.807, 2.05) is 65.5 Å². The molecular weight excluding hydrogens is 264 g/mol. The Bertz CT molecular complexity index is 879. The Morgan fingerprint density at radius 2 is 1.76 bits per heavy atom. The van der Waals surface area contributed by atoms with Gasteiger partial charge in [-0.25, -0.2) is 0 Å². The molecule has 0 amide bonds. The van der Waals surface area contributed by atoms with E-state index in [0.29, 0.717) is 18.3 Å². The maximum atomic E-state index is 5.32. The second-order valence-electron chi connectivity index (χ2n) is 4.74. The number of para-hydroxylation sites is 1. The Labute approximate surface area is 120 Å². The predicted octanol–water partition coefficient (Wildman–Crippen LogP) is 3.13. The summed E-state index contributed by atoms with van der Waals surface area (Å²) in [6.07, 6.45) is 1.84. The molecule has 0 unspecified atom stereocenters. The maximum absolute atomic E-state index is 5.32. The lowest BCUT2D eigenvalue weighted by atomic mass is 10.2. The smallest absolute Gasteiger partial charge is 0.248 e. The summed E-state index contributed by atoms with van der Waals surface area (Å²) in [4.78, 5) is 4.42. The highest BCUT2D eigenvalue weighted by Gasteiger charge is 2.10. The third-order valence-corrected chi connectivity index (χ3v) is 3.34. The van der Waals surface area contributed by atoms with Gasteiger partial charge in [0, 0.05) is 10.9 Å². The van der Waals surface area contributed by atoms with Crippen molar-refractivity contribution in [3.8, 4) is 11.4 Å². The van der Waals surface area contributed by atoms with Gasteiger partial charge in [-0.15, -0.1) is 0 Å². The van der Waals surface area contributed by atoms with Crippen LogP contribution < -0.4 is 0 Å². The standard InChI is InChI=1S/C16H12N4O/c1-2-6-12(7-3-1)16-18-15(21-19-16)11-20-14-9-5-4-8-13(14)10-17-20/h1-10H,11H2. The summed E-state index contributed by atoms with van der Waals surface area (Å²) in [5, 5.41) is 9.48. The van der Waals surface area contributed by atoms with E-state index < -0.39 is 0 Å². The van der Waals surface area contributed by atoms with E-state index in [2.05, 4.69) is 15.2 Å². The van der Waals surface area contributed by atoms with Crippen LogP contribution >= 0.6 is 0 Å². The van der Waals surface area contributed by atoms with Crippen LogP contribution in [-0.4, -0.2) is 19.9 Å². The number of nitrogens with zero attached hydrogens (tertiary/aromatic N) is 4. The van der Waals surface area contributed by atoms with E-state index in [1.54, 1.807) is 0 Å². The normalized spacial score (nSPS) is 11.0. The van der Waals surface area contributed by atoms with Gasteiger partial charge >= 0.3 is 0 Å². The van der Waals surface area contributed by atoms with Crippen LogP contribution in [0.2, 0.25) is 0 Å². The number of aromatic nitrogens is 4. The van der Waals surface area contributed by atoms with Crippen molar-refractivity contribution < 1.29 is 4.52 Å². The molecule has 5 nitrogen and oxygen atoms in total. The van der Waals surface area contributed by atoms with Crippen LogP contribution in [0.25, 0.3) is 22.3 Å². The first-order valence-corrected chi connectivity index (χ1v) is 6.69. The van der Waals surface area contributed by atoms with Crippen molar-refractivity contribution in [2.45, 2.75) is 6.54 Å². The molecule has 102 valence electrons. The molecule has 0 bridgehead atoms. The summed E-state index contributed by atoms with van der Waals surface area (Å²) >= 11 is 0. The molecule has 4 aromatic rings. The van der Waals surface area contributed by atoms with E-state index in [0.717, 1.165) is 16.5 Å². The average Bonchev–Trinajstić information content (AvgIpc) is 3.17. The van der Waals surface area contributed by atoms with Crippen molar-refractivity contribution in [1.82, 2.24) is 19.9 Å². The maximum Gasteiger partial charge on any atom is 0.248 e. The Morgan fingerprint density at radius 3 is 2.67 bits per heavy atom. The van der Waals surface area contributed by atoms with Crippen LogP contribution in [0.1, 0.15) is 5.89 Å². The molecule has 5 heteroatoms. The topological polar surface area (TPSA) is 56.7 Å². The van der Waals surface area contributed by atoms with Gasteiger partial charge in [-0.1, -0.05) is 53.7 Å². The number of rotatable bonds is 3. The summed E-state index contributed by atoms with van der Waals surface area (Å²) in [6.45, 7) is 0.466. The first kappa shape index (κ1) is 11.8. The zero-order valence-electron chi connectivity index (χ0n) is 11.2. The van der Waals surface area contributed by atoms with Gasteiger partial charge in [-0.2, -0.15) is 10.1 Å². The van der Waals surface area contributed by atoms with Crippen molar-refractivity contribution in [3.05, 3.63) is 66.7 Å². The molecule has 0 saturated heterocycles. The molecule has 0 aliphatic rings. The fraction of sp³-hybridized carbons (Fsp3) is 0.0625. The lowest BCUT2D eigenvalue weighted by molar-refractivity contribution is 0.368. The van der Waals surface area contributed by atoms with E-state index in [-0.39, 0.29) is 0 Å². The molecule has 21 heavy (non-hydrogen) atoms. The minimum absolute atomic E-state index is 0.466. The zero-order valence-corrected chi connectivity index (χ0v) is 11.2. The molecule has 0 aliphatic carbocycles. The van der Waals surface area contributed by atoms with Gasteiger partial charge in [0.15, 0.2) is 0 Å². The number of benzene rings is 2. The largest absolute Gasteiger partial charge is 0.337 e. The molecule has 0 aliphatic heterocycles. The molecule has 0 saturated carbocycles. The van der Waals surface area contributed by atoms with Crippen LogP contribution in [0.3, 0.4) is 0 Å². The van der Waals surface area contributed by atoms with Crippen LogP contribution in [-0.2, 0) is 6.54 Å². The second kappa shape index (κ2) is 4.86. The summed E-state index contributed by atoms with van der Waals surface area (Å²) in [7, 11) is 0. The van der Waals surface area contributed by atoms with Gasteiger partial charge in [-0.05, 0) is 6.07 Å². The Morgan fingerprint density at radius 1 is 0.952 bits per heavy atom. The third kappa shape index (κ3) is 2.18. The molecule has 0 fully saturated rings. The van der Waals surface area contributed by atoms with Crippen LogP contribution in [0, 0.1) is 0 Å². The van der Waals surface area contributed by atoms with E-state index in [1.165, 1.54) is 0 Å². The number of fused-ring (bicyclic) bond motifs is 1. The average molecular weight is 276 g/mol. The lowest BCUT2D eigenvalue weighted by Crippen LogP contribution is -2.01. The lowest BCUT2D eigenvalue weighted by Gasteiger charge is -1.98. The highest BCUT2D eigenvalue weighted by Crippen LogP contribution is 2.17. The molecule has 4 rings (SSSR count). The Hall–Kier alpha value is -2.95. The molecule has 2 aromatic heterocycles. The van der Waals surface area contributed by atoms with Gasteiger partial charge in [0.05, 0.1) is 11.7 Å². The summed E-state index contributed by atoms with van der Waals surface area (Å²) < 4.78 is 7.18. The van der Waals surface area contributed by atoms with Gasteiger partial charge in [-0.3, -0.25) is 4.68 Å². The minimum atomic E-state index is 0.466. The minimum Gasteiger partial charge on any atom is -0.337 e. The van der Waals surface area contributed by atoms with E-state index in [9.17, 15) is 0 Å².